The third-order valence-corrected chi connectivity index (χ3v) is 3.69. The summed E-state index contributed by atoms with van der Waals surface area (Å²) in [5.41, 5.74) is 0.0178. The van der Waals surface area contributed by atoms with Gasteiger partial charge in [-0.2, -0.15) is 13.2 Å². The van der Waals surface area contributed by atoms with E-state index in [4.69, 9.17) is 0 Å². The van der Waals surface area contributed by atoms with E-state index in [1.807, 2.05) is 0 Å². The predicted octanol–water partition coefficient (Wildman–Crippen LogP) is 1.97. The number of carbonyl (C=O) groups is 2. The highest BCUT2D eigenvalue weighted by atomic mass is 19.4. The second kappa shape index (κ2) is 6.46. The van der Waals surface area contributed by atoms with Crippen molar-refractivity contribution in [1.29, 1.82) is 0 Å². The summed E-state index contributed by atoms with van der Waals surface area (Å²) >= 11 is 0. The maximum Gasteiger partial charge on any atom is 0.406 e. The summed E-state index contributed by atoms with van der Waals surface area (Å²) in [5.74, 6) is -2.21. The fourth-order valence-corrected chi connectivity index (χ4v) is 2.52. The summed E-state index contributed by atoms with van der Waals surface area (Å²) in [5, 5.41) is 10.8. The van der Waals surface area contributed by atoms with Gasteiger partial charge in [0.2, 0.25) is 11.8 Å². The number of hydrogen-bond acceptors (Lipinski definition) is 4. The van der Waals surface area contributed by atoms with Gasteiger partial charge in [0.25, 0.3) is 5.69 Å². The summed E-state index contributed by atoms with van der Waals surface area (Å²) in [6.07, 6.45) is -4.84. The van der Waals surface area contributed by atoms with E-state index in [0.29, 0.717) is 4.90 Å². The lowest BCUT2D eigenvalue weighted by atomic mass is 10.1. The van der Waals surface area contributed by atoms with Crippen LogP contribution in [0.25, 0.3) is 0 Å². The van der Waals surface area contributed by atoms with Gasteiger partial charge in [-0.1, -0.05) is 6.07 Å². The van der Waals surface area contributed by atoms with Gasteiger partial charge >= 0.3 is 6.18 Å². The number of rotatable bonds is 4. The summed E-state index contributed by atoms with van der Waals surface area (Å²) in [4.78, 5) is 35.9. The number of benzene rings is 1. The molecule has 1 aliphatic heterocycles. The monoisotopic (exact) mass is 345 g/mol. The summed E-state index contributed by atoms with van der Waals surface area (Å²) in [6.45, 7) is -1.72. The minimum Gasteiger partial charge on any atom is -0.333 e. The maximum atomic E-state index is 12.4. The first-order valence-corrected chi connectivity index (χ1v) is 6.95. The average Bonchev–Trinajstić information content (AvgIpc) is 2.85. The average molecular weight is 345 g/mol. The predicted molar refractivity (Wildman–Crippen MR) is 77.2 cm³/mol. The van der Waals surface area contributed by atoms with Gasteiger partial charge in [-0.3, -0.25) is 19.7 Å². The first kappa shape index (κ1) is 17.7. The van der Waals surface area contributed by atoms with Crippen molar-refractivity contribution in [2.75, 3.05) is 25.0 Å². The number of carbonyl (C=O) groups excluding carboxylic acids is 2. The van der Waals surface area contributed by atoms with Gasteiger partial charge in [0, 0.05) is 32.1 Å². The fourth-order valence-electron chi connectivity index (χ4n) is 2.52. The summed E-state index contributed by atoms with van der Waals surface area (Å²) in [6, 6.07) is 5.30. The molecule has 1 aromatic rings. The van der Waals surface area contributed by atoms with E-state index >= 15 is 0 Å². The van der Waals surface area contributed by atoms with Crippen LogP contribution >= 0.6 is 0 Å². The van der Waals surface area contributed by atoms with Crippen LogP contribution in [0, 0.1) is 16.0 Å². The quantitative estimate of drug-likeness (QED) is 0.617. The lowest BCUT2D eigenvalue weighted by Crippen LogP contribution is -2.37. The number of non-ortho nitro benzene ring substituents is 1. The van der Waals surface area contributed by atoms with Gasteiger partial charge in [-0.25, -0.2) is 0 Å². The molecule has 24 heavy (non-hydrogen) atoms. The molecule has 0 spiro atoms. The van der Waals surface area contributed by atoms with Gasteiger partial charge in [-0.05, 0) is 6.07 Å². The zero-order chi connectivity index (χ0) is 18.1. The molecule has 7 nitrogen and oxygen atoms in total. The standard InChI is InChI=1S/C14H14F3N3O4/c1-18(10-3-2-4-11(6-10)20(23)24)13(22)9-5-12(21)19(7-9)8-14(15,16)17/h2-4,6,9H,5,7-8H2,1H3/t9-/m0/s1. The number of hydrogen-bond donors (Lipinski definition) is 0. The largest absolute Gasteiger partial charge is 0.406 e. The van der Waals surface area contributed by atoms with Crippen molar-refractivity contribution in [3.05, 3.63) is 34.4 Å². The lowest BCUT2D eigenvalue weighted by molar-refractivity contribution is -0.384. The molecular formula is C14H14F3N3O4. The van der Waals surface area contributed by atoms with Crippen LogP contribution in [-0.4, -0.2) is 48.0 Å². The Labute approximate surface area is 134 Å². The van der Waals surface area contributed by atoms with Crippen molar-refractivity contribution in [3.8, 4) is 0 Å². The van der Waals surface area contributed by atoms with Crippen LogP contribution in [0.15, 0.2) is 24.3 Å². The first-order valence-electron chi connectivity index (χ1n) is 6.95. The number of amides is 2. The number of anilines is 1. The molecule has 2 amide bonds. The fraction of sp³-hybridized carbons (Fsp3) is 0.429. The summed E-state index contributed by atoms with van der Waals surface area (Å²) in [7, 11) is 1.36. The number of nitrogens with zero attached hydrogens (tertiary/aromatic N) is 3. The lowest BCUT2D eigenvalue weighted by Gasteiger charge is -2.22. The molecule has 1 heterocycles. The van der Waals surface area contributed by atoms with Crippen LogP contribution in [-0.2, 0) is 9.59 Å². The minimum absolute atomic E-state index is 0.214. The van der Waals surface area contributed by atoms with E-state index in [-0.39, 0.29) is 24.3 Å². The Hall–Kier alpha value is -2.65. The van der Waals surface area contributed by atoms with Crippen molar-refractivity contribution in [1.82, 2.24) is 4.90 Å². The van der Waals surface area contributed by atoms with Gasteiger partial charge in [0.1, 0.15) is 6.54 Å². The van der Waals surface area contributed by atoms with Crippen molar-refractivity contribution in [3.63, 3.8) is 0 Å². The minimum atomic E-state index is -4.53. The molecule has 0 aromatic heterocycles. The van der Waals surface area contributed by atoms with E-state index < -0.39 is 35.4 Å². The van der Waals surface area contributed by atoms with Crippen molar-refractivity contribution >= 4 is 23.2 Å². The second-order valence-corrected chi connectivity index (χ2v) is 5.46. The highest BCUT2D eigenvalue weighted by Crippen LogP contribution is 2.27. The molecule has 1 fully saturated rings. The van der Waals surface area contributed by atoms with Crippen LogP contribution < -0.4 is 4.90 Å². The van der Waals surface area contributed by atoms with Crippen LogP contribution in [0.4, 0.5) is 24.5 Å². The van der Waals surface area contributed by atoms with E-state index in [2.05, 4.69) is 0 Å². The zero-order valence-electron chi connectivity index (χ0n) is 12.6. The molecule has 0 saturated carbocycles. The van der Waals surface area contributed by atoms with Crippen molar-refractivity contribution in [2.24, 2.45) is 5.92 Å². The molecule has 1 atom stereocenters. The molecule has 0 unspecified atom stereocenters. The molecule has 1 aromatic carbocycles. The molecule has 10 heteroatoms. The van der Waals surface area contributed by atoms with Gasteiger partial charge in [-0.15, -0.1) is 0 Å². The SMILES string of the molecule is CN(C(=O)[C@H]1CC(=O)N(CC(F)(F)F)C1)c1cccc([N+](=O)[O-])c1. The Balaban J connectivity index is 2.10. The van der Waals surface area contributed by atoms with Crippen LogP contribution in [0.3, 0.4) is 0 Å². The molecule has 0 aliphatic carbocycles. The Morgan fingerprint density at radius 2 is 2.12 bits per heavy atom. The highest BCUT2D eigenvalue weighted by Gasteiger charge is 2.41. The van der Waals surface area contributed by atoms with Gasteiger partial charge in [0.05, 0.1) is 16.5 Å². The third-order valence-electron chi connectivity index (χ3n) is 3.69. The molecule has 0 N–H and O–H groups in total. The number of nitro groups is 1. The Kier molecular flexibility index (Phi) is 4.76. The first-order chi connectivity index (χ1) is 11.1. The Morgan fingerprint density at radius 1 is 1.46 bits per heavy atom. The van der Waals surface area contributed by atoms with Crippen molar-refractivity contribution < 1.29 is 27.7 Å². The highest BCUT2D eigenvalue weighted by molar-refractivity contribution is 5.98. The van der Waals surface area contributed by atoms with E-state index in [1.165, 1.54) is 31.3 Å². The molecule has 2 rings (SSSR count). The Bertz CT molecular complexity index is 677. The molecule has 0 radical (unpaired) electrons. The molecule has 1 aliphatic rings. The molecule has 1 saturated heterocycles. The molecule has 0 bridgehead atoms. The van der Waals surface area contributed by atoms with Gasteiger partial charge in [0.15, 0.2) is 0 Å². The maximum absolute atomic E-state index is 12.4. The van der Waals surface area contributed by atoms with Crippen molar-refractivity contribution in [2.45, 2.75) is 12.6 Å². The second-order valence-electron chi connectivity index (χ2n) is 5.46. The Morgan fingerprint density at radius 3 is 2.71 bits per heavy atom. The topological polar surface area (TPSA) is 83.8 Å². The number of likely N-dealkylation sites (tertiary alicyclic amines) is 1. The van der Waals surface area contributed by atoms with Crippen LogP contribution in [0.5, 0.6) is 0 Å². The van der Waals surface area contributed by atoms with Crippen LogP contribution in [0.2, 0.25) is 0 Å². The number of alkyl halides is 3. The van der Waals surface area contributed by atoms with Gasteiger partial charge < -0.3 is 9.80 Å². The van der Waals surface area contributed by atoms with E-state index in [9.17, 15) is 32.9 Å². The normalized spacial score (nSPS) is 17.9. The van der Waals surface area contributed by atoms with E-state index in [0.717, 1.165) is 4.90 Å². The molecular weight excluding hydrogens is 331 g/mol. The van der Waals surface area contributed by atoms with Crippen LogP contribution in [0.1, 0.15) is 6.42 Å². The number of nitro benzene ring substituents is 1. The number of halogens is 3. The summed E-state index contributed by atoms with van der Waals surface area (Å²) < 4.78 is 37.2. The molecule has 130 valence electrons. The smallest absolute Gasteiger partial charge is 0.333 e. The zero-order valence-corrected chi connectivity index (χ0v) is 12.6. The third kappa shape index (κ3) is 4.00. The van der Waals surface area contributed by atoms with E-state index in [1.54, 1.807) is 0 Å².